The number of aliphatic carboxylic acids is 1. The molecule has 2 aromatic rings. The Labute approximate surface area is 246 Å². The lowest BCUT2D eigenvalue weighted by Gasteiger charge is -2.35. The zero-order valence-corrected chi connectivity index (χ0v) is 24.7. The van der Waals surface area contributed by atoms with Gasteiger partial charge < -0.3 is 25.4 Å². The molecule has 1 unspecified atom stereocenters. The molecule has 3 N–H and O–H groups in total. The Morgan fingerprint density at radius 1 is 1.05 bits per heavy atom. The van der Waals surface area contributed by atoms with E-state index in [1.54, 1.807) is 24.3 Å². The van der Waals surface area contributed by atoms with Crippen LogP contribution < -0.4 is 10.6 Å². The molecule has 2 amide bonds. The number of carbonyl (C=O) groups excluding carboxylic acids is 2. The van der Waals surface area contributed by atoms with Crippen molar-refractivity contribution in [2.75, 3.05) is 50.8 Å². The summed E-state index contributed by atoms with van der Waals surface area (Å²) in [6.45, 7) is 8.16. The molecule has 9 nitrogen and oxygen atoms in total. The molecule has 2 aromatic carbocycles. The standard InChI is InChI=1S/C29H39ClN4O5S/c1-20(2)39-18-17-34(28(36)26(40)19-25(31)29(37)38)24-9-5-22(6-10-24)27(35)33-15-13-32(14-16-33)12-11-21-3-7-23(30)8-4-21/h3-10,20,25-26,40H,11-19,31H2,1-2H3,(H,37,38)/t25?,26-/m0/s1. The molecule has 11 heteroatoms. The van der Waals surface area contributed by atoms with Gasteiger partial charge in [-0.15, -0.1) is 0 Å². The lowest BCUT2D eigenvalue weighted by Crippen LogP contribution is -2.49. The number of nitrogens with zero attached hydrogens (tertiary/aromatic N) is 3. The molecule has 0 bridgehead atoms. The number of anilines is 1. The van der Waals surface area contributed by atoms with Gasteiger partial charge >= 0.3 is 5.97 Å². The van der Waals surface area contributed by atoms with Crippen molar-refractivity contribution in [2.45, 2.75) is 44.1 Å². The largest absolute Gasteiger partial charge is 0.480 e. The minimum Gasteiger partial charge on any atom is -0.480 e. The number of hydrogen-bond donors (Lipinski definition) is 3. The number of amides is 2. The fraction of sp³-hybridized carbons (Fsp3) is 0.483. The summed E-state index contributed by atoms with van der Waals surface area (Å²) in [4.78, 5) is 43.2. The number of carboxylic acids is 1. The Balaban J connectivity index is 1.59. The van der Waals surface area contributed by atoms with Crippen LogP contribution >= 0.6 is 24.2 Å². The van der Waals surface area contributed by atoms with Gasteiger partial charge in [0.15, 0.2) is 0 Å². The first-order chi connectivity index (χ1) is 19.0. The lowest BCUT2D eigenvalue weighted by atomic mass is 10.1. The zero-order valence-electron chi connectivity index (χ0n) is 23.0. The molecule has 0 spiro atoms. The predicted molar refractivity (Wildman–Crippen MR) is 160 cm³/mol. The van der Waals surface area contributed by atoms with E-state index in [2.05, 4.69) is 17.5 Å². The van der Waals surface area contributed by atoms with Crippen molar-refractivity contribution in [1.29, 1.82) is 0 Å². The maximum absolute atomic E-state index is 13.2. The second-order valence-electron chi connectivity index (χ2n) is 10.2. The third-order valence-electron chi connectivity index (χ3n) is 6.83. The molecular formula is C29H39ClN4O5S. The van der Waals surface area contributed by atoms with Gasteiger partial charge in [0.25, 0.3) is 5.91 Å². The van der Waals surface area contributed by atoms with E-state index in [1.165, 1.54) is 10.5 Å². The topological polar surface area (TPSA) is 116 Å². The summed E-state index contributed by atoms with van der Waals surface area (Å²) in [6, 6.07) is 13.6. The summed E-state index contributed by atoms with van der Waals surface area (Å²) < 4.78 is 5.63. The molecule has 1 fully saturated rings. The number of halogens is 1. The number of hydrogen-bond acceptors (Lipinski definition) is 7. The normalized spacial score (nSPS) is 15.6. The highest BCUT2D eigenvalue weighted by Crippen LogP contribution is 2.21. The van der Waals surface area contributed by atoms with E-state index < -0.39 is 17.3 Å². The lowest BCUT2D eigenvalue weighted by molar-refractivity contribution is -0.138. The van der Waals surface area contributed by atoms with Crippen molar-refractivity contribution in [1.82, 2.24) is 9.80 Å². The van der Waals surface area contributed by atoms with E-state index in [0.29, 0.717) is 24.3 Å². The quantitative estimate of drug-likeness (QED) is 0.307. The maximum Gasteiger partial charge on any atom is 0.320 e. The second-order valence-corrected chi connectivity index (χ2v) is 11.2. The Hall–Kier alpha value is -2.63. The number of ether oxygens (including phenoxy) is 1. The molecule has 3 rings (SSSR count). The summed E-state index contributed by atoms with van der Waals surface area (Å²) in [5.41, 5.74) is 7.97. The molecule has 1 aliphatic rings. The van der Waals surface area contributed by atoms with Crippen LogP contribution in [-0.4, -0.2) is 96.0 Å². The van der Waals surface area contributed by atoms with Gasteiger partial charge in [0, 0.05) is 55.5 Å². The fourth-order valence-corrected chi connectivity index (χ4v) is 4.94. The molecule has 2 atom stereocenters. The van der Waals surface area contributed by atoms with Crippen molar-refractivity contribution in [2.24, 2.45) is 5.73 Å². The van der Waals surface area contributed by atoms with Gasteiger partial charge in [-0.05, 0) is 68.7 Å². The summed E-state index contributed by atoms with van der Waals surface area (Å²) in [5, 5.41) is 8.94. The molecule has 0 aliphatic carbocycles. The van der Waals surface area contributed by atoms with Crippen molar-refractivity contribution in [3.63, 3.8) is 0 Å². The number of carbonyl (C=O) groups is 3. The fourth-order valence-electron chi connectivity index (χ4n) is 4.45. The molecule has 40 heavy (non-hydrogen) atoms. The highest BCUT2D eigenvalue weighted by molar-refractivity contribution is 7.81. The third-order valence-corrected chi connectivity index (χ3v) is 7.51. The van der Waals surface area contributed by atoms with E-state index >= 15 is 0 Å². The van der Waals surface area contributed by atoms with E-state index in [9.17, 15) is 14.4 Å². The number of piperazine rings is 1. The van der Waals surface area contributed by atoms with Crippen LogP contribution in [0, 0.1) is 0 Å². The van der Waals surface area contributed by atoms with Gasteiger partial charge in [0.2, 0.25) is 5.91 Å². The molecule has 0 aromatic heterocycles. The van der Waals surface area contributed by atoms with Gasteiger partial charge in [-0.25, -0.2) is 0 Å². The second kappa shape index (κ2) is 15.4. The van der Waals surface area contributed by atoms with Gasteiger partial charge in [0.1, 0.15) is 6.04 Å². The molecule has 0 saturated carbocycles. The van der Waals surface area contributed by atoms with Crippen molar-refractivity contribution >= 4 is 47.7 Å². The van der Waals surface area contributed by atoms with Crippen LogP contribution in [0.4, 0.5) is 5.69 Å². The minimum atomic E-state index is -1.20. The minimum absolute atomic E-state index is 0.0120. The number of nitrogens with two attached hydrogens (primary N) is 1. The molecule has 1 heterocycles. The van der Waals surface area contributed by atoms with Gasteiger partial charge in [0.05, 0.1) is 18.0 Å². The van der Waals surface area contributed by atoms with Crippen molar-refractivity contribution in [3.8, 4) is 0 Å². The van der Waals surface area contributed by atoms with Gasteiger partial charge in [-0.1, -0.05) is 23.7 Å². The van der Waals surface area contributed by atoms with Crippen LogP contribution in [0.25, 0.3) is 0 Å². The van der Waals surface area contributed by atoms with Gasteiger partial charge in [-0.3, -0.25) is 19.3 Å². The Morgan fingerprint density at radius 3 is 2.25 bits per heavy atom. The number of carboxylic acid groups (broad SMARTS) is 1. The molecule has 1 aliphatic heterocycles. The van der Waals surface area contributed by atoms with E-state index in [4.69, 9.17) is 27.2 Å². The average Bonchev–Trinajstić information content (AvgIpc) is 2.94. The molecule has 218 valence electrons. The summed E-state index contributed by atoms with van der Waals surface area (Å²) in [6.07, 6.45) is 0.808. The number of benzene rings is 2. The maximum atomic E-state index is 13.2. The molecule has 0 radical (unpaired) electrons. The van der Waals surface area contributed by atoms with Crippen LogP contribution in [0.15, 0.2) is 48.5 Å². The van der Waals surface area contributed by atoms with E-state index in [-0.39, 0.29) is 37.5 Å². The van der Waals surface area contributed by atoms with Crippen molar-refractivity contribution < 1.29 is 24.2 Å². The molecule has 1 saturated heterocycles. The van der Waals surface area contributed by atoms with Crippen LogP contribution in [0.1, 0.15) is 36.2 Å². The van der Waals surface area contributed by atoms with Crippen LogP contribution in [0.5, 0.6) is 0 Å². The molecular weight excluding hydrogens is 552 g/mol. The van der Waals surface area contributed by atoms with Crippen LogP contribution in [0.3, 0.4) is 0 Å². The SMILES string of the molecule is CC(C)OCCN(C(=O)[C@@H](S)CC(N)C(=O)O)c1ccc(C(=O)N2CCN(CCc3ccc(Cl)cc3)CC2)cc1. The average molecular weight is 591 g/mol. The first-order valence-electron chi connectivity index (χ1n) is 13.5. The summed E-state index contributed by atoms with van der Waals surface area (Å²) in [5.74, 6) is -1.61. The Kier molecular flexibility index (Phi) is 12.3. The first-order valence-corrected chi connectivity index (χ1v) is 14.4. The van der Waals surface area contributed by atoms with E-state index in [0.717, 1.165) is 31.1 Å². The Bertz CT molecular complexity index is 1120. The predicted octanol–water partition coefficient (Wildman–Crippen LogP) is 3.20. The summed E-state index contributed by atoms with van der Waals surface area (Å²) >= 11 is 10.3. The first kappa shape index (κ1) is 31.9. The highest BCUT2D eigenvalue weighted by atomic mass is 35.5. The summed E-state index contributed by atoms with van der Waals surface area (Å²) in [7, 11) is 0. The third kappa shape index (κ3) is 9.49. The number of thiol groups is 1. The monoisotopic (exact) mass is 590 g/mol. The van der Waals surface area contributed by atoms with Crippen LogP contribution in [0.2, 0.25) is 5.02 Å². The van der Waals surface area contributed by atoms with Crippen molar-refractivity contribution in [3.05, 3.63) is 64.7 Å². The van der Waals surface area contributed by atoms with E-state index in [1.807, 2.05) is 43.0 Å². The number of rotatable bonds is 13. The highest BCUT2D eigenvalue weighted by Gasteiger charge is 2.27. The smallest absolute Gasteiger partial charge is 0.320 e. The van der Waals surface area contributed by atoms with Gasteiger partial charge in [-0.2, -0.15) is 12.6 Å². The zero-order chi connectivity index (χ0) is 29.2. The van der Waals surface area contributed by atoms with Crippen LogP contribution in [-0.2, 0) is 20.7 Å². The Morgan fingerprint density at radius 2 is 1.68 bits per heavy atom.